The Kier molecular flexibility index (Phi) is 5.84. The third kappa shape index (κ3) is 4.58. The zero-order chi connectivity index (χ0) is 20.5. The number of methoxy groups -OCH3 is 1. The van der Waals surface area contributed by atoms with E-state index in [1.165, 1.54) is 13.3 Å². The number of aromatic amines is 1. The minimum Gasteiger partial charge on any atom is -0.497 e. The third-order valence-electron chi connectivity index (χ3n) is 4.27. The van der Waals surface area contributed by atoms with E-state index in [0.29, 0.717) is 11.3 Å². The molecule has 1 aliphatic rings. The number of nitrogens with zero attached hydrogens (tertiary/aromatic N) is 1. The SMILES string of the molecule is COc1cccc(-c2cn([C@H]3C[C@H](O)[C@@H](COP(=O)(O)O)O3)c(=O)[nH]c2=O)c1. The molecule has 28 heavy (non-hydrogen) atoms. The maximum Gasteiger partial charge on any atom is 0.469 e. The van der Waals surface area contributed by atoms with Gasteiger partial charge in [-0.15, -0.1) is 0 Å². The highest BCUT2D eigenvalue weighted by molar-refractivity contribution is 7.46. The fourth-order valence-electron chi connectivity index (χ4n) is 2.90. The minimum atomic E-state index is -4.73. The number of ether oxygens (including phenoxy) is 2. The van der Waals surface area contributed by atoms with Crippen molar-refractivity contribution in [3.05, 3.63) is 51.3 Å². The number of benzene rings is 1. The topological polar surface area (TPSA) is 160 Å². The molecule has 1 aliphatic heterocycles. The number of hydrogen-bond acceptors (Lipinski definition) is 7. The number of phosphoric ester groups is 1. The molecule has 3 rings (SSSR count). The summed E-state index contributed by atoms with van der Waals surface area (Å²) in [5.74, 6) is 0.525. The van der Waals surface area contributed by atoms with E-state index in [1.54, 1.807) is 24.3 Å². The Morgan fingerprint density at radius 1 is 1.36 bits per heavy atom. The molecular weight excluding hydrogens is 395 g/mol. The van der Waals surface area contributed by atoms with Crippen LogP contribution in [0, 0.1) is 0 Å². The Morgan fingerprint density at radius 3 is 2.79 bits per heavy atom. The molecule has 0 radical (unpaired) electrons. The van der Waals surface area contributed by atoms with Crippen molar-refractivity contribution in [2.75, 3.05) is 13.7 Å². The first-order valence-corrected chi connectivity index (χ1v) is 9.74. The maximum absolute atomic E-state index is 12.2. The van der Waals surface area contributed by atoms with Gasteiger partial charge in [-0.3, -0.25) is 18.9 Å². The van der Waals surface area contributed by atoms with Crippen LogP contribution in [0.4, 0.5) is 0 Å². The van der Waals surface area contributed by atoms with Crippen LogP contribution in [0.1, 0.15) is 12.6 Å². The lowest BCUT2D eigenvalue weighted by Gasteiger charge is -2.17. The van der Waals surface area contributed by atoms with E-state index in [0.717, 1.165) is 4.57 Å². The highest BCUT2D eigenvalue weighted by Gasteiger charge is 2.37. The molecule has 3 atom stereocenters. The molecule has 12 heteroatoms. The van der Waals surface area contributed by atoms with Crippen LogP contribution >= 0.6 is 7.82 Å². The van der Waals surface area contributed by atoms with Crippen molar-refractivity contribution in [3.8, 4) is 16.9 Å². The first-order valence-electron chi connectivity index (χ1n) is 8.21. The minimum absolute atomic E-state index is 0.0291. The second kappa shape index (κ2) is 8.00. The normalized spacial score (nSPS) is 22.4. The highest BCUT2D eigenvalue weighted by atomic mass is 31.2. The molecule has 11 nitrogen and oxygen atoms in total. The van der Waals surface area contributed by atoms with Gasteiger partial charge < -0.3 is 24.4 Å². The lowest BCUT2D eigenvalue weighted by atomic mass is 10.1. The van der Waals surface area contributed by atoms with Gasteiger partial charge >= 0.3 is 13.5 Å². The molecule has 0 saturated carbocycles. The maximum atomic E-state index is 12.2. The van der Waals surface area contributed by atoms with Crippen LogP contribution in [0.25, 0.3) is 11.1 Å². The van der Waals surface area contributed by atoms with Crippen LogP contribution in [0.2, 0.25) is 0 Å². The molecule has 1 fully saturated rings. The Morgan fingerprint density at radius 2 is 2.11 bits per heavy atom. The second-order valence-corrected chi connectivity index (χ2v) is 7.40. The monoisotopic (exact) mass is 414 g/mol. The van der Waals surface area contributed by atoms with Gasteiger partial charge in [0, 0.05) is 12.6 Å². The summed E-state index contributed by atoms with van der Waals surface area (Å²) >= 11 is 0. The second-order valence-electron chi connectivity index (χ2n) is 6.16. The molecule has 1 aromatic heterocycles. The molecule has 2 heterocycles. The summed E-state index contributed by atoms with van der Waals surface area (Å²) in [7, 11) is -3.24. The van der Waals surface area contributed by atoms with E-state index in [1.807, 2.05) is 0 Å². The first kappa shape index (κ1) is 20.5. The highest BCUT2D eigenvalue weighted by Crippen LogP contribution is 2.38. The van der Waals surface area contributed by atoms with E-state index in [-0.39, 0.29) is 12.0 Å². The predicted octanol–water partition coefficient (Wildman–Crippen LogP) is -0.0301. The average molecular weight is 414 g/mol. The number of H-pyrrole nitrogens is 1. The molecule has 1 saturated heterocycles. The molecule has 0 amide bonds. The molecule has 0 bridgehead atoms. The summed E-state index contributed by atoms with van der Waals surface area (Å²) in [6, 6.07) is 6.69. The molecular formula is C16H19N2O9P. The van der Waals surface area contributed by atoms with Gasteiger partial charge in [-0.05, 0) is 17.7 Å². The predicted molar refractivity (Wildman–Crippen MR) is 95.8 cm³/mol. The van der Waals surface area contributed by atoms with Gasteiger partial charge in [0.2, 0.25) is 0 Å². The fraction of sp³-hybridized carbons (Fsp3) is 0.375. The number of nitrogens with one attached hydrogen (secondary N) is 1. The smallest absolute Gasteiger partial charge is 0.469 e. The van der Waals surface area contributed by atoms with Gasteiger partial charge in [-0.1, -0.05) is 12.1 Å². The summed E-state index contributed by atoms with van der Waals surface area (Å²) < 4.78 is 26.9. The van der Waals surface area contributed by atoms with Crippen LogP contribution in [-0.2, 0) is 13.8 Å². The van der Waals surface area contributed by atoms with E-state index in [2.05, 4.69) is 9.51 Å². The zero-order valence-electron chi connectivity index (χ0n) is 14.7. The Bertz CT molecular complexity index is 1010. The van der Waals surface area contributed by atoms with E-state index < -0.39 is 44.1 Å². The number of aromatic nitrogens is 2. The van der Waals surface area contributed by atoms with Gasteiger partial charge in [0.25, 0.3) is 5.56 Å². The van der Waals surface area contributed by atoms with Gasteiger partial charge in [0.15, 0.2) is 0 Å². The first-order chi connectivity index (χ1) is 13.2. The molecule has 0 spiro atoms. The van der Waals surface area contributed by atoms with Crippen LogP contribution < -0.4 is 16.0 Å². The Hall–Kier alpha value is -2.27. The fourth-order valence-corrected chi connectivity index (χ4v) is 3.24. The Balaban J connectivity index is 1.89. The molecule has 2 aromatic rings. The van der Waals surface area contributed by atoms with Crippen LogP contribution in [0.15, 0.2) is 40.1 Å². The Labute approximate surface area is 158 Å². The lowest BCUT2D eigenvalue weighted by molar-refractivity contribution is -0.0450. The quantitative estimate of drug-likeness (QED) is 0.476. The standard InChI is InChI=1S/C16H19N2O9P/c1-25-10-4-2-3-9(5-10)11-7-18(16(21)17-15(11)20)14-6-12(19)13(27-14)8-26-28(22,23)24/h2-5,7,12-14,19H,6,8H2,1H3,(H,17,20,21)(H2,22,23,24)/t12-,13+,14+/m0/s1. The molecule has 1 aromatic carbocycles. The van der Waals surface area contributed by atoms with Crippen molar-refractivity contribution in [3.63, 3.8) is 0 Å². The largest absolute Gasteiger partial charge is 0.497 e. The van der Waals surface area contributed by atoms with Crippen molar-refractivity contribution in [1.29, 1.82) is 0 Å². The molecule has 152 valence electrons. The van der Waals surface area contributed by atoms with Crippen molar-refractivity contribution >= 4 is 7.82 Å². The number of rotatable bonds is 6. The molecule has 0 aliphatic carbocycles. The summed E-state index contributed by atoms with van der Waals surface area (Å²) in [4.78, 5) is 44.2. The van der Waals surface area contributed by atoms with Gasteiger partial charge in [-0.2, -0.15) is 0 Å². The van der Waals surface area contributed by atoms with Gasteiger partial charge in [0.05, 0.1) is 25.4 Å². The summed E-state index contributed by atoms with van der Waals surface area (Å²) in [6.45, 7) is -0.553. The molecule has 0 unspecified atom stereocenters. The van der Waals surface area contributed by atoms with E-state index in [9.17, 15) is 19.3 Å². The summed E-state index contributed by atoms with van der Waals surface area (Å²) in [5.41, 5.74) is -0.652. The van der Waals surface area contributed by atoms with Crippen LogP contribution in [-0.4, -0.2) is 50.4 Å². The van der Waals surface area contributed by atoms with Gasteiger partial charge in [0.1, 0.15) is 18.1 Å². The summed E-state index contributed by atoms with van der Waals surface area (Å²) in [5, 5.41) is 10.1. The van der Waals surface area contributed by atoms with Crippen molar-refractivity contribution in [2.45, 2.75) is 24.9 Å². The van der Waals surface area contributed by atoms with E-state index >= 15 is 0 Å². The van der Waals surface area contributed by atoms with Crippen LogP contribution in [0.5, 0.6) is 5.75 Å². The zero-order valence-corrected chi connectivity index (χ0v) is 15.6. The average Bonchev–Trinajstić information content (AvgIpc) is 3.00. The number of phosphoric acid groups is 1. The van der Waals surface area contributed by atoms with E-state index in [4.69, 9.17) is 19.3 Å². The number of hydrogen-bond donors (Lipinski definition) is 4. The number of aliphatic hydroxyl groups is 1. The third-order valence-corrected chi connectivity index (χ3v) is 4.76. The molecule has 4 N–H and O–H groups in total. The van der Waals surface area contributed by atoms with Crippen molar-refractivity contribution < 1.29 is 33.5 Å². The summed E-state index contributed by atoms with van der Waals surface area (Å²) in [6.07, 6.45) is -1.83. The van der Waals surface area contributed by atoms with Crippen LogP contribution in [0.3, 0.4) is 0 Å². The lowest BCUT2D eigenvalue weighted by Crippen LogP contribution is -2.33. The van der Waals surface area contributed by atoms with Crippen molar-refractivity contribution in [2.24, 2.45) is 0 Å². The number of aliphatic hydroxyl groups excluding tert-OH is 1. The van der Waals surface area contributed by atoms with Crippen molar-refractivity contribution in [1.82, 2.24) is 9.55 Å². The van der Waals surface area contributed by atoms with Gasteiger partial charge in [-0.25, -0.2) is 9.36 Å².